The Hall–Kier alpha value is -3.00. The quantitative estimate of drug-likeness (QED) is 0.383. The smallest absolute Gasteiger partial charge is 0.306 e. The molecule has 3 rings (SSSR count). The van der Waals surface area contributed by atoms with Crippen molar-refractivity contribution in [1.29, 1.82) is 0 Å². The minimum Gasteiger partial charge on any atom is -0.496 e. The molecule has 0 aliphatic heterocycles. The predicted octanol–water partition coefficient (Wildman–Crippen LogP) is 4.35. The third-order valence-corrected chi connectivity index (χ3v) is 5.61. The van der Waals surface area contributed by atoms with Gasteiger partial charge in [0.05, 0.1) is 24.8 Å². The average molecular weight is 431 g/mol. The molecular formula is C23H27F2N3O3. The van der Waals surface area contributed by atoms with Crippen LogP contribution in [0.5, 0.6) is 5.75 Å². The lowest BCUT2D eigenvalue weighted by atomic mass is 9.64. The van der Waals surface area contributed by atoms with Crippen LogP contribution in [0.1, 0.15) is 35.6 Å². The summed E-state index contributed by atoms with van der Waals surface area (Å²) >= 11 is 0. The number of methoxy groups -OCH3 is 1. The molecule has 2 aromatic rings. The Morgan fingerprint density at radius 3 is 2.45 bits per heavy atom. The number of halogens is 2. The van der Waals surface area contributed by atoms with Crippen LogP contribution < -0.4 is 4.74 Å². The Morgan fingerprint density at radius 1 is 1.19 bits per heavy atom. The second-order valence-corrected chi connectivity index (χ2v) is 7.49. The van der Waals surface area contributed by atoms with Crippen molar-refractivity contribution in [2.45, 2.75) is 31.8 Å². The molecule has 31 heavy (non-hydrogen) atoms. The zero-order valence-electron chi connectivity index (χ0n) is 18.3. The van der Waals surface area contributed by atoms with Gasteiger partial charge in [-0.1, -0.05) is 35.5 Å². The molecule has 8 heteroatoms. The number of aliphatic hydroxyl groups is 1. The highest BCUT2D eigenvalue weighted by Crippen LogP contribution is 2.64. The van der Waals surface area contributed by atoms with Crippen molar-refractivity contribution in [2.75, 3.05) is 27.8 Å². The number of ether oxygens (including phenoxy) is 1. The summed E-state index contributed by atoms with van der Waals surface area (Å²) in [6.07, 6.45) is 1.14. The SMILES string of the molecule is CCN(C)C=Nc1cc(OC)c2c(c1C)C(F)(F)C2(O)C/C(=N/OC)c1ccccc1. The van der Waals surface area contributed by atoms with E-state index in [2.05, 4.69) is 10.1 Å². The number of hydrogen-bond acceptors (Lipinski definition) is 5. The third-order valence-electron chi connectivity index (χ3n) is 5.61. The Balaban J connectivity index is 2.10. The molecule has 0 heterocycles. The molecule has 1 N–H and O–H groups in total. The van der Waals surface area contributed by atoms with Gasteiger partial charge in [-0.25, -0.2) is 4.99 Å². The van der Waals surface area contributed by atoms with Gasteiger partial charge in [-0.15, -0.1) is 0 Å². The first-order chi connectivity index (χ1) is 14.7. The molecule has 0 radical (unpaired) electrons. The Labute approximate surface area is 180 Å². The van der Waals surface area contributed by atoms with E-state index in [4.69, 9.17) is 9.57 Å². The molecule has 6 nitrogen and oxygen atoms in total. The fraction of sp³-hybridized carbons (Fsp3) is 0.391. The molecular weight excluding hydrogens is 404 g/mol. The highest BCUT2D eigenvalue weighted by molar-refractivity contribution is 6.01. The Bertz CT molecular complexity index is 1010. The van der Waals surface area contributed by atoms with E-state index in [0.29, 0.717) is 16.8 Å². The van der Waals surface area contributed by atoms with Crippen molar-refractivity contribution in [2.24, 2.45) is 10.1 Å². The van der Waals surface area contributed by atoms with Crippen LogP contribution in [0.4, 0.5) is 14.5 Å². The number of oxime groups is 1. The van der Waals surface area contributed by atoms with Crippen molar-refractivity contribution < 1.29 is 23.5 Å². The van der Waals surface area contributed by atoms with Gasteiger partial charge in [0.25, 0.3) is 0 Å². The summed E-state index contributed by atoms with van der Waals surface area (Å²) in [6.45, 7) is 4.25. The van der Waals surface area contributed by atoms with Crippen molar-refractivity contribution >= 4 is 17.7 Å². The molecule has 0 amide bonds. The van der Waals surface area contributed by atoms with Crippen molar-refractivity contribution in [3.05, 3.63) is 58.7 Å². The predicted molar refractivity (Wildman–Crippen MR) is 117 cm³/mol. The van der Waals surface area contributed by atoms with E-state index in [-0.39, 0.29) is 22.6 Å². The molecule has 0 spiro atoms. The average Bonchev–Trinajstić information content (AvgIpc) is 2.77. The highest BCUT2D eigenvalue weighted by atomic mass is 19.3. The monoisotopic (exact) mass is 431 g/mol. The Morgan fingerprint density at radius 2 is 1.87 bits per heavy atom. The minimum absolute atomic E-state index is 0.0556. The second kappa shape index (κ2) is 8.63. The lowest BCUT2D eigenvalue weighted by Gasteiger charge is -2.48. The molecule has 166 valence electrons. The van der Waals surface area contributed by atoms with Crippen LogP contribution in [-0.2, 0) is 16.4 Å². The zero-order chi connectivity index (χ0) is 22.8. The first-order valence-corrected chi connectivity index (χ1v) is 9.93. The van der Waals surface area contributed by atoms with Gasteiger partial charge < -0.3 is 19.6 Å². The van der Waals surface area contributed by atoms with E-state index < -0.39 is 17.9 Å². The molecule has 0 bridgehead atoms. The van der Waals surface area contributed by atoms with Gasteiger partial charge in [0.15, 0.2) is 5.60 Å². The molecule has 1 aliphatic carbocycles. The number of aliphatic imine (C=N–C) groups is 1. The molecule has 1 atom stereocenters. The summed E-state index contributed by atoms with van der Waals surface area (Å²) in [7, 11) is 4.56. The lowest BCUT2D eigenvalue weighted by molar-refractivity contribution is -0.223. The summed E-state index contributed by atoms with van der Waals surface area (Å²) in [5.41, 5.74) is -1.23. The number of rotatable bonds is 8. The van der Waals surface area contributed by atoms with Gasteiger partial charge in [-0.2, -0.15) is 8.78 Å². The van der Waals surface area contributed by atoms with E-state index >= 15 is 8.78 Å². The number of alkyl halides is 2. The maximum Gasteiger partial charge on any atom is 0.306 e. The van der Waals surface area contributed by atoms with E-state index in [0.717, 1.165) is 6.54 Å². The fourth-order valence-corrected chi connectivity index (χ4v) is 3.75. The number of hydrogen-bond donors (Lipinski definition) is 1. The topological polar surface area (TPSA) is 66.7 Å². The van der Waals surface area contributed by atoms with Gasteiger partial charge in [0, 0.05) is 37.2 Å². The van der Waals surface area contributed by atoms with E-state index in [1.165, 1.54) is 14.2 Å². The minimum atomic E-state index is -3.52. The van der Waals surface area contributed by atoms with Gasteiger partial charge in [-0.3, -0.25) is 0 Å². The first kappa shape index (κ1) is 22.7. The van der Waals surface area contributed by atoms with Gasteiger partial charge >= 0.3 is 5.92 Å². The number of benzene rings is 2. The molecule has 0 aromatic heterocycles. The molecule has 0 saturated carbocycles. The largest absolute Gasteiger partial charge is 0.496 e. The normalized spacial score (nSPS) is 19.7. The van der Waals surface area contributed by atoms with E-state index in [9.17, 15) is 5.11 Å². The van der Waals surface area contributed by atoms with Crippen molar-refractivity contribution in [3.8, 4) is 5.75 Å². The van der Waals surface area contributed by atoms with Crippen LogP contribution >= 0.6 is 0 Å². The third kappa shape index (κ3) is 3.76. The summed E-state index contributed by atoms with van der Waals surface area (Å²) in [5, 5.41) is 15.1. The summed E-state index contributed by atoms with van der Waals surface area (Å²) < 4.78 is 36.3. The zero-order valence-corrected chi connectivity index (χ0v) is 18.3. The summed E-state index contributed by atoms with van der Waals surface area (Å²) in [4.78, 5) is 11.0. The summed E-state index contributed by atoms with van der Waals surface area (Å²) in [5.74, 6) is -3.37. The van der Waals surface area contributed by atoms with Gasteiger partial charge in [0.1, 0.15) is 12.9 Å². The maximum atomic E-state index is 15.5. The van der Waals surface area contributed by atoms with Crippen LogP contribution in [0.3, 0.4) is 0 Å². The van der Waals surface area contributed by atoms with E-state index in [1.807, 2.05) is 18.9 Å². The van der Waals surface area contributed by atoms with Crippen LogP contribution in [0.15, 0.2) is 46.5 Å². The van der Waals surface area contributed by atoms with Crippen molar-refractivity contribution in [3.63, 3.8) is 0 Å². The molecule has 0 fully saturated rings. The standard InChI is InChI=1S/C23H27F2N3O3/c1-6-28(3)14-26-17-12-19(30-4)21-20(15(17)2)23(24,25)22(21,29)13-18(27-31-5)16-10-8-7-9-11-16/h7-12,14,29H,6,13H2,1-5H3/b26-14?,27-18-. The lowest BCUT2D eigenvalue weighted by Crippen LogP contribution is -2.55. The Kier molecular flexibility index (Phi) is 6.31. The molecule has 0 saturated heterocycles. The van der Waals surface area contributed by atoms with Crippen LogP contribution in [0.2, 0.25) is 0 Å². The number of nitrogens with zero attached hydrogens (tertiary/aromatic N) is 3. The fourth-order valence-electron chi connectivity index (χ4n) is 3.75. The maximum absolute atomic E-state index is 15.5. The first-order valence-electron chi connectivity index (χ1n) is 9.93. The van der Waals surface area contributed by atoms with Crippen molar-refractivity contribution in [1.82, 2.24) is 4.90 Å². The highest BCUT2D eigenvalue weighted by Gasteiger charge is 2.68. The van der Waals surface area contributed by atoms with Crippen LogP contribution in [-0.4, -0.2) is 49.9 Å². The van der Waals surface area contributed by atoms with Gasteiger partial charge in [0.2, 0.25) is 0 Å². The molecule has 1 aliphatic rings. The number of fused-ring (bicyclic) bond motifs is 1. The molecule has 2 aromatic carbocycles. The second-order valence-electron chi connectivity index (χ2n) is 7.49. The van der Waals surface area contributed by atoms with E-state index in [1.54, 1.807) is 49.7 Å². The molecule has 1 unspecified atom stereocenters. The van der Waals surface area contributed by atoms with Gasteiger partial charge in [-0.05, 0) is 25.0 Å². The summed E-state index contributed by atoms with van der Waals surface area (Å²) in [6, 6.07) is 10.4. The van der Waals surface area contributed by atoms with Crippen LogP contribution in [0.25, 0.3) is 0 Å². The van der Waals surface area contributed by atoms with Crippen LogP contribution in [0, 0.1) is 6.92 Å².